The Morgan fingerprint density at radius 1 is 1.05 bits per heavy atom. The van der Waals surface area contributed by atoms with Gasteiger partial charge in [0.25, 0.3) is 0 Å². The molecule has 2 aromatic carbocycles. The first-order chi connectivity index (χ1) is 10.1. The van der Waals surface area contributed by atoms with Crippen molar-refractivity contribution in [2.45, 2.75) is 19.3 Å². The summed E-state index contributed by atoms with van der Waals surface area (Å²) >= 11 is 18.5. The molecule has 2 rings (SSSR count). The summed E-state index contributed by atoms with van der Waals surface area (Å²) < 4.78 is 0. The standard InChI is InChI=1S/C17H18Cl3N/c1-2-21-11-14(12-5-3-7-15(18)10-12)9-13-6-4-8-16(19)17(13)20/h3-8,10,14,21H,2,9,11H2,1H3. The van der Waals surface area contributed by atoms with Crippen LogP contribution in [0.5, 0.6) is 0 Å². The molecule has 0 saturated carbocycles. The number of hydrogen-bond donors (Lipinski definition) is 1. The van der Waals surface area contributed by atoms with Crippen molar-refractivity contribution in [1.82, 2.24) is 5.32 Å². The van der Waals surface area contributed by atoms with Crippen LogP contribution in [-0.4, -0.2) is 13.1 Å². The third-order valence-corrected chi connectivity index (χ3v) is 4.55. The Morgan fingerprint density at radius 2 is 1.81 bits per heavy atom. The van der Waals surface area contributed by atoms with Crippen LogP contribution in [0.15, 0.2) is 42.5 Å². The summed E-state index contributed by atoms with van der Waals surface area (Å²) in [5, 5.41) is 5.40. The van der Waals surface area contributed by atoms with E-state index < -0.39 is 0 Å². The summed E-state index contributed by atoms with van der Waals surface area (Å²) in [5.74, 6) is 0.305. The highest BCUT2D eigenvalue weighted by molar-refractivity contribution is 6.42. The van der Waals surface area contributed by atoms with E-state index in [1.807, 2.05) is 36.4 Å². The minimum Gasteiger partial charge on any atom is -0.316 e. The normalized spacial score (nSPS) is 12.4. The molecule has 0 heterocycles. The molecule has 2 aromatic rings. The summed E-state index contributed by atoms with van der Waals surface area (Å²) in [4.78, 5) is 0. The molecule has 0 amide bonds. The van der Waals surface area contributed by atoms with E-state index in [4.69, 9.17) is 34.8 Å². The van der Waals surface area contributed by atoms with E-state index >= 15 is 0 Å². The molecule has 1 unspecified atom stereocenters. The summed E-state index contributed by atoms with van der Waals surface area (Å²) in [6.45, 7) is 3.90. The van der Waals surface area contributed by atoms with Crippen molar-refractivity contribution in [3.05, 3.63) is 68.7 Å². The van der Waals surface area contributed by atoms with Crippen LogP contribution in [0.1, 0.15) is 24.0 Å². The molecular formula is C17H18Cl3N. The molecule has 0 aliphatic heterocycles. The van der Waals surface area contributed by atoms with E-state index in [1.54, 1.807) is 0 Å². The molecule has 4 heteroatoms. The van der Waals surface area contributed by atoms with Gasteiger partial charge in [0.1, 0.15) is 0 Å². The van der Waals surface area contributed by atoms with Gasteiger partial charge in [-0.2, -0.15) is 0 Å². The van der Waals surface area contributed by atoms with Crippen molar-refractivity contribution in [3.63, 3.8) is 0 Å². The second-order valence-electron chi connectivity index (χ2n) is 4.98. The van der Waals surface area contributed by atoms with Gasteiger partial charge in [-0.05, 0) is 42.3 Å². The lowest BCUT2D eigenvalue weighted by Crippen LogP contribution is -2.22. The Labute approximate surface area is 141 Å². The lowest BCUT2D eigenvalue weighted by molar-refractivity contribution is 0.595. The van der Waals surface area contributed by atoms with E-state index in [1.165, 1.54) is 5.56 Å². The lowest BCUT2D eigenvalue weighted by atomic mass is 9.92. The predicted octanol–water partition coefficient (Wildman–Crippen LogP) is 5.58. The van der Waals surface area contributed by atoms with E-state index in [9.17, 15) is 0 Å². The second kappa shape index (κ2) is 8.05. The van der Waals surface area contributed by atoms with Gasteiger partial charge in [-0.15, -0.1) is 0 Å². The molecule has 0 fully saturated rings. The molecule has 21 heavy (non-hydrogen) atoms. The first kappa shape index (κ1) is 16.6. The number of likely N-dealkylation sites (N-methyl/N-ethyl adjacent to an activating group) is 1. The van der Waals surface area contributed by atoms with Crippen LogP contribution in [0.3, 0.4) is 0 Å². The van der Waals surface area contributed by atoms with Crippen molar-refractivity contribution >= 4 is 34.8 Å². The van der Waals surface area contributed by atoms with Crippen molar-refractivity contribution in [2.75, 3.05) is 13.1 Å². The zero-order valence-corrected chi connectivity index (χ0v) is 14.1. The molecular weight excluding hydrogens is 325 g/mol. The van der Waals surface area contributed by atoms with Gasteiger partial charge in [0.15, 0.2) is 0 Å². The van der Waals surface area contributed by atoms with Crippen LogP contribution in [0.4, 0.5) is 0 Å². The minimum atomic E-state index is 0.305. The SMILES string of the molecule is CCNCC(Cc1cccc(Cl)c1Cl)c1cccc(Cl)c1. The highest BCUT2D eigenvalue weighted by atomic mass is 35.5. The Morgan fingerprint density at radius 3 is 2.52 bits per heavy atom. The van der Waals surface area contributed by atoms with Gasteiger partial charge in [0, 0.05) is 17.5 Å². The predicted molar refractivity (Wildman–Crippen MR) is 92.9 cm³/mol. The van der Waals surface area contributed by atoms with Crippen LogP contribution in [0.2, 0.25) is 15.1 Å². The number of benzene rings is 2. The Bertz CT molecular complexity index is 598. The second-order valence-corrected chi connectivity index (χ2v) is 6.20. The highest BCUT2D eigenvalue weighted by Crippen LogP contribution is 2.30. The first-order valence-electron chi connectivity index (χ1n) is 7.01. The van der Waals surface area contributed by atoms with Gasteiger partial charge < -0.3 is 5.32 Å². The summed E-state index contributed by atoms with van der Waals surface area (Å²) in [5.41, 5.74) is 2.27. The van der Waals surface area contributed by atoms with Crippen molar-refractivity contribution in [1.29, 1.82) is 0 Å². The highest BCUT2D eigenvalue weighted by Gasteiger charge is 2.15. The van der Waals surface area contributed by atoms with Gasteiger partial charge in [-0.1, -0.05) is 66.0 Å². The summed E-state index contributed by atoms with van der Waals surface area (Å²) in [6.07, 6.45) is 0.826. The Kier molecular flexibility index (Phi) is 6.38. The van der Waals surface area contributed by atoms with Gasteiger partial charge in [0.05, 0.1) is 10.0 Å². The van der Waals surface area contributed by atoms with Crippen molar-refractivity contribution < 1.29 is 0 Å². The molecule has 0 aliphatic carbocycles. The number of rotatable bonds is 6. The average molecular weight is 343 g/mol. The third kappa shape index (κ3) is 4.62. The Balaban J connectivity index is 2.26. The minimum absolute atomic E-state index is 0.305. The molecule has 0 bridgehead atoms. The maximum Gasteiger partial charge on any atom is 0.0624 e. The molecule has 0 saturated heterocycles. The van der Waals surface area contributed by atoms with E-state index in [-0.39, 0.29) is 0 Å². The zero-order valence-electron chi connectivity index (χ0n) is 11.9. The smallest absolute Gasteiger partial charge is 0.0624 e. The molecule has 0 aliphatic rings. The maximum atomic E-state index is 6.31. The fourth-order valence-corrected chi connectivity index (χ4v) is 2.95. The third-order valence-electron chi connectivity index (χ3n) is 3.46. The molecule has 1 N–H and O–H groups in total. The quantitative estimate of drug-likeness (QED) is 0.722. The molecule has 1 atom stereocenters. The van der Waals surface area contributed by atoms with E-state index in [0.717, 1.165) is 30.1 Å². The van der Waals surface area contributed by atoms with Crippen molar-refractivity contribution in [3.8, 4) is 0 Å². The summed E-state index contributed by atoms with van der Waals surface area (Å²) in [6, 6.07) is 13.8. The average Bonchev–Trinajstić information content (AvgIpc) is 2.47. The molecule has 1 nitrogen and oxygen atoms in total. The topological polar surface area (TPSA) is 12.0 Å². The van der Waals surface area contributed by atoms with Gasteiger partial charge >= 0.3 is 0 Å². The van der Waals surface area contributed by atoms with E-state index in [2.05, 4.69) is 18.3 Å². The lowest BCUT2D eigenvalue weighted by Gasteiger charge is -2.19. The fourth-order valence-electron chi connectivity index (χ4n) is 2.36. The van der Waals surface area contributed by atoms with Crippen LogP contribution >= 0.6 is 34.8 Å². The monoisotopic (exact) mass is 341 g/mol. The van der Waals surface area contributed by atoms with Gasteiger partial charge in [-0.25, -0.2) is 0 Å². The maximum absolute atomic E-state index is 6.31. The molecule has 0 aromatic heterocycles. The largest absolute Gasteiger partial charge is 0.316 e. The fraction of sp³-hybridized carbons (Fsp3) is 0.294. The molecule has 112 valence electrons. The van der Waals surface area contributed by atoms with Crippen molar-refractivity contribution in [2.24, 2.45) is 0 Å². The number of nitrogens with one attached hydrogen (secondary N) is 1. The van der Waals surface area contributed by atoms with Crippen LogP contribution in [0, 0.1) is 0 Å². The van der Waals surface area contributed by atoms with Crippen LogP contribution in [0.25, 0.3) is 0 Å². The van der Waals surface area contributed by atoms with Gasteiger partial charge in [0.2, 0.25) is 0 Å². The number of hydrogen-bond acceptors (Lipinski definition) is 1. The summed E-state index contributed by atoms with van der Waals surface area (Å²) in [7, 11) is 0. The number of halogens is 3. The Hall–Kier alpha value is -0.730. The molecule has 0 spiro atoms. The molecule has 0 radical (unpaired) electrons. The van der Waals surface area contributed by atoms with Crippen LogP contribution in [-0.2, 0) is 6.42 Å². The van der Waals surface area contributed by atoms with E-state index in [0.29, 0.717) is 16.0 Å². The first-order valence-corrected chi connectivity index (χ1v) is 8.14. The zero-order chi connectivity index (χ0) is 15.2. The van der Waals surface area contributed by atoms with Gasteiger partial charge in [-0.3, -0.25) is 0 Å². The van der Waals surface area contributed by atoms with Crippen LogP contribution < -0.4 is 5.32 Å².